The first-order valence-corrected chi connectivity index (χ1v) is 10.5. The van der Waals surface area contributed by atoms with Gasteiger partial charge >= 0.3 is 0 Å². The number of halogens is 1. The molecule has 1 saturated carbocycles. The van der Waals surface area contributed by atoms with Crippen LogP contribution < -0.4 is 5.32 Å². The van der Waals surface area contributed by atoms with E-state index >= 15 is 0 Å². The molecule has 7 heteroatoms. The van der Waals surface area contributed by atoms with Crippen LogP contribution in [-0.4, -0.2) is 25.9 Å². The molecule has 1 aromatic carbocycles. The molecule has 1 amide bonds. The van der Waals surface area contributed by atoms with Crippen LogP contribution >= 0.6 is 11.8 Å². The molecule has 1 fully saturated rings. The number of carbonyl (C=O) groups excluding carboxylic acids is 1. The molecular weight excluding hydrogens is 363 g/mol. The zero-order valence-corrected chi connectivity index (χ0v) is 16.9. The van der Waals surface area contributed by atoms with Crippen molar-refractivity contribution in [3.8, 4) is 0 Å². The maximum absolute atomic E-state index is 13.1. The molecule has 2 unspecified atom stereocenters. The van der Waals surface area contributed by atoms with E-state index < -0.39 is 0 Å². The minimum absolute atomic E-state index is 0.0623. The lowest BCUT2D eigenvalue weighted by Crippen LogP contribution is -2.33. The third-order valence-electron chi connectivity index (χ3n) is 5.16. The SMILES string of the molecule is Cc1nnc(SC(C)C(=O)NC(C)c2ccc(F)cc2)n1C1CCCCC1. The highest BCUT2D eigenvalue weighted by Gasteiger charge is 2.25. The predicted molar refractivity (Wildman–Crippen MR) is 105 cm³/mol. The second-order valence-electron chi connectivity index (χ2n) is 7.23. The Morgan fingerprint density at radius 3 is 2.52 bits per heavy atom. The van der Waals surface area contributed by atoms with Gasteiger partial charge in [-0.3, -0.25) is 4.79 Å². The lowest BCUT2D eigenvalue weighted by atomic mass is 9.95. The summed E-state index contributed by atoms with van der Waals surface area (Å²) in [6.07, 6.45) is 6.05. The summed E-state index contributed by atoms with van der Waals surface area (Å²) in [5, 5.41) is 12.1. The molecule has 0 bridgehead atoms. The van der Waals surface area contributed by atoms with E-state index in [0.717, 1.165) is 29.4 Å². The number of thioether (sulfide) groups is 1. The average molecular weight is 391 g/mol. The van der Waals surface area contributed by atoms with Crippen LogP contribution in [0, 0.1) is 12.7 Å². The maximum Gasteiger partial charge on any atom is 0.233 e. The van der Waals surface area contributed by atoms with Gasteiger partial charge < -0.3 is 9.88 Å². The van der Waals surface area contributed by atoms with E-state index in [1.165, 1.54) is 43.2 Å². The van der Waals surface area contributed by atoms with Crippen molar-refractivity contribution >= 4 is 17.7 Å². The summed E-state index contributed by atoms with van der Waals surface area (Å²) in [6, 6.07) is 6.46. The first kappa shape index (κ1) is 19.9. The van der Waals surface area contributed by atoms with Crippen molar-refractivity contribution in [1.29, 1.82) is 0 Å². The van der Waals surface area contributed by atoms with E-state index in [-0.39, 0.29) is 23.0 Å². The topological polar surface area (TPSA) is 59.8 Å². The number of nitrogens with zero attached hydrogens (tertiary/aromatic N) is 3. The van der Waals surface area contributed by atoms with Gasteiger partial charge in [0, 0.05) is 6.04 Å². The van der Waals surface area contributed by atoms with Gasteiger partial charge in [0.25, 0.3) is 0 Å². The molecule has 0 aliphatic heterocycles. The highest BCUT2D eigenvalue weighted by Crippen LogP contribution is 2.33. The summed E-state index contributed by atoms with van der Waals surface area (Å²) in [5.41, 5.74) is 0.878. The molecule has 2 aromatic rings. The van der Waals surface area contributed by atoms with Gasteiger partial charge in [-0.2, -0.15) is 0 Å². The van der Waals surface area contributed by atoms with E-state index in [2.05, 4.69) is 20.1 Å². The number of nitrogens with one attached hydrogen (secondary N) is 1. The third kappa shape index (κ3) is 4.89. The number of benzene rings is 1. The van der Waals surface area contributed by atoms with Crippen molar-refractivity contribution < 1.29 is 9.18 Å². The second-order valence-corrected chi connectivity index (χ2v) is 8.54. The minimum Gasteiger partial charge on any atom is -0.349 e. The highest BCUT2D eigenvalue weighted by atomic mass is 32.2. The van der Waals surface area contributed by atoms with Crippen molar-refractivity contribution in [3.63, 3.8) is 0 Å². The largest absolute Gasteiger partial charge is 0.349 e. The number of carbonyl (C=O) groups is 1. The molecular formula is C20H27FN4OS. The van der Waals surface area contributed by atoms with Gasteiger partial charge in [-0.15, -0.1) is 10.2 Å². The van der Waals surface area contributed by atoms with Gasteiger partial charge in [-0.05, 0) is 51.3 Å². The Hall–Kier alpha value is -1.89. The second kappa shape index (κ2) is 8.87. The van der Waals surface area contributed by atoms with Gasteiger partial charge in [0.05, 0.1) is 11.3 Å². The molecule has 3 rings (SSSR count). The van der Waals surface area contributed by atoms with Crippen LogP contribution in [0.5, 0.6) is 0 Å². The van der Waals surface area contributed by atoms with Crippen molar-refractivity contribution in [2.45, 2.75) is 75.4 Å². The molecule has 2 atom stereocenters. The molecule has 1 N–H and O–H groups in total. The van der Waals surface area contributed by atoms with Crippen LogP contribution in [0.2, 0.25) is 0 Å². The minimum atomic E-state index is -0.293. The monoisotopic (exact) mass is 390 g/mol. The summed E-state index contributed by atoms with van der Waals surface area (Å²) in [5.74, 6) is 0.572. The molecule has 1 aliphatic rings. The molecule has 146 valence electrons. The van der Waals surface area contributed by atoms with Crippen molar-refractivity contribution in [3.05, 3.63) is 41.5 Å². The van der Waals surface area contributed by atoms with E-state index in [0.29, 0.717) is 6.04 Å². The normalized spacial score (nSPS) is 17.5. The molecule has 1 heterocycles. The van der Waals surface area contributed by atoms with E-state index in [9.17, 15) is 9.18 Å². The van der Waals surface area contributed by atoms with Gasteiger partial charge in [0.2, 0.25) is 5.91 Å². The number of aromatic nitrogens is 3. The smallest absolute Gasteiger partial charge is 0.233 e. The molecule has 0 radical (unpaired) electrons. The fraction of sp³-hybridized carbons (Fsp3) is 0.550. The van der Waals surface area contributed by atoms with Crippen molar-refractivity contribution in [2.75, 3.05) is 0 Å². The Morgan fingerprint density at radius 1 is 1.19 bits per heavy atom. The first-order valence-electron chi connectivity index (χ1n) is 9.59. The van der Waals surface area contributed by atoms with Crippen LogP contribution in [0.25, 0.3) is 0 Å². The standard InChI is InChI=1S/C20H27FN4OS/c1-13(16-9-11-17(21)12-10-16)22-19(26)14(2)27-20-24-23-15(3)25(20)18-7-5-4-6-8-18/h9-14,18H,4-8H2,1-3H3,(H,22,26). The Labute approximate surface area is 164 Å². The van der Waals surface area contributed by atoms with Crippen LogP contribution in [0.3, 0.4) is 0 Å². The maximum atomic E-state index is 13.1. The Morgan fingerprint density at radius 2 is 1.85 bits per heavy atom. The van der Waals surface area contributed by atoms with Gasteiger partial charge in [-0.1, -0.05) is 43.2 Å². The quantitative estimate of drug-likeness (QED) is 0.733. The van der Waals surface area contributed by atoms with Crippen molar-refractivity contribution in [2.24, 2.45) is 0 Å². The Bertz CT molecular complexity index is 771. The number of hydrogen-bond acceptors (Lipinski definition) is 4. The van der Waals surface area contributed by atoms with E-state index in [4.69, 9.17) is 0 Å². The lowest BCUT2D eigenvalue weighted by Gasteiger charge is -2.25. The zero-order valence-electron chi connectivity index (χ0n) is 16.1. The summed E-state index contributed by atoms with van der Waals surface area (Å²) >= 11 is 1.45. The Balaban J connectivity index is 1.63. The summed E-state index contributed by atoms with van der Waals surface area (Å²) in [6.45, 7) is 5.76. The zero-order chi connectivity index (χ0) is 19.4. The number of hydrogen-bond donors (Lipinski definition) is 1. The van der Waals surface area contributed by atoms with Crippen molar-refractivity contribution in [1.82, 2.24) is 20.1 Å². The molecule has 27 heavy (non-hydrogen) atoms. The highest BCUT2D eigenvalue weighted by molar-refractivity contribution is 8.00. The molecule has 5 nitrogen and oxygen atoms in total. The number of rotatable bonds is 6. The predicted octanol–water partition coefficient (Wildman–Crippen LogP) is 4.59. The lowest BCUT2D eigenvalue weighted by molar-refractivity contribution is -0.120. The average Bonchev–Trinajstić information content (AvgIpc) is 3.03. The number of aryl methyl sites for hydroxylation is 1. The first-order chi connectivity index (χ1) is 13.0. The van der Waals surface area contributed by atoms with Gasteiger partial charge in [0.1, 0.15) is 11.6 Å². The van der Waals surface area contributed by atoms with Gasteiger partial charge in [0.15, 0.2) is 5.16 Å². The number of amides is 1. The van der Waals surface area contributed by atoms with Crippen LogP contribution in [0.1, 0.15) is 69.4 Å². The van der Waals surface area contributed by atoms with E-state index in [1.807, 2.05) is 20.8 Å². The van der Waals surface area contributed by atoms with Crippen LogP contribution in [0.15, 0.2) is 29.4 Å². The summed E-state index contributed by atoms with van der Waals surface area (Å²) in [4.78, 5) is 12.6. The van der Waals surface area contributed by atoms with Crippen LogP contribution in [-0.2, 0) is 4.79 Å². The molecule has 0 saturated heterocycles. The summed E-state index contributed by atoms with van der Waals surface area (Å²) < 4.78 is 15.3. The molecule has 1 aromatic heterocycles. The molecule has 1 aliphatic carbocycles. The fourth-order valence-corrected chi connectivity index (χ4v) is 4.54. The molecule has 0 spiro atoms. The van der Waals surface area contributed by atoms with Crippen LogP contribution in [0.4, 0.5) is 4.39 Å². The van der Waals surface area contributed by atoms with Gasteiger partial charge in [-0.25, -0.2) is 4.39 Å². The van der Waals surface area contributed by atoms with E-state index in [1.54, 1.807) is 12.1 Å². The Kier molecular flexibility index (Phi) is 6.52. The summed E-state index contributed by atoms with van der Waals surface area (Å²) in [7, 11) is 0. The third-order valence-corrected chi connectivity index (χ3v) is 6.21. The fourth-order valence-electron chi connectivity index (χ4n) is 3.57.